The zero-order valence-electron chi connectivity index (χ0n) is 10.2. The van der Waals surface area contributed by atoms with E-state index in [1.54, 1.807) is 6.07 Å². The zero-order valence-corrected chi connectivity index (χ0v) is 11.0. The first-order valence-electron chi connectivity index (χ1n) is 5.87. The third-order valence-corrected chi connectivity index (χ3v) is 4.19. The topological polar surface area (TPSA) is 57.6 Å². The minimum atomic E-state index is -1.07. The number of hydrogen-bond donors (Lipinski definition) is 1. The van der Waals surface area contributed by atoms with Crippen molar-refractivity contribution in [3.8, 4) is 0 Å². The van der Waals surface area contributed by atoms with Gasteiger partial charge in [-0.1, -0.05) is 0 Å². The molecule has 1 fully saturated rings. The van der Waals surface area contributed by atoms with Gasteiger partial charge in [-0.25, -0.2) is 9.18 Å². The molecule has 1 heterocycles. The zero-order chi connectivity index (χ0) is 13.8. The number of halogens is 1. The van der Waals surface area contributed by atoms with Gasteiger partial charge in [0.15, 0.2) is 0 Å². The Bertz CT molecular complexity index is 535. The van der Waals surface area contributed by atoms with E-state index < -0.39 is 22.6 Å². The minimum absolute atomic E-state index is 0.408. The molecular weight excluding hydrogens is 269 g/mol. The van der Waals surface area contributed by atoms with Crippen LogP contribution in [0.15, 0.2) is 24.3 Å². The van der Waals surface area contributed by atoms with Crippen molar-refractivity contribution in [3.05, 3.63) is 35.7 Å². The summed E-state index contributed by atoms with van der Waals surface area (Å²) >= 11 is 0. The molecule has 0 unspecified atom stereocenters. The van der Waals surface area contributed by atoms with Crippen molar-refractivity contribution in [1.29, 1.82) is 0 Å². The van der Waals surface area contributed by atoms with Gasteiger partial charge in [-0.2, -0.15) is 0 Å². The van der Waals surface area contributed by atoms with Crippen molar-refractivity contribution in [2.24, 2.45) is 0 Å². The second-order valence-electron chi connectivity index (χ2n) is 4.21. The Balaban J connectivity index is 2.28. The van der Waals surface area contributed by atoms with Gasteiger partial charge in [-0.3, -0.25) is 4.21 Å². The first-order valence-corrected chi connectivity index (χ1v) is 7.35. The van der Waals surface area contributed by atoms with Crippen LogP contribution in [0, 0.1) is 5.82 Å². The van der Waals surface area contributed by atoms with E-state index in [1.165, 1.54) is 18.2 Å². The van der Waals surface area contributed by atoms with Crippen LogP contribution >= 0.6 is 0 Å². The summed E-state index contributed by atoms with van der Waals surface area (Å²) in [6, 6.07) is 4.28. The van der Waals surface area contributed by atoms with Crippen molar-refractivity contribution in [3.63, 3.8) is 0 Å². The summed E-state index contributed by atoms with van der Waals surface area (Å²) in [4.78, 5) is 12.6. The van der Waals surface area contributed by atoms with Crippen molar-refractivity contribution in [1.82, 2.24) is 0 Å². The first kappa shape index (κ1) is 13.7. The predicted molar refractivity (Wildman–Crippen MR) is 73.2 cm³/mol. The Hall–Kier alpha value is -1.69. The molecule has 1 aromatic carbocycles. The normalized spacial score (nSPS) is 17.0. The average molecular weight is 283 g/mol. The lowest BCUT2D eigenvalue weighted by atomic mass is 10.1. The van der Waals surface area contributed by atoms with E-state index in [0.29, 0.717) is 30.2 Å². The lowest BCUT2D eigenvalue weighted by Gasteiger charge is -2.29. The molecule has 0 spiro atoms. The molecule has 1 saturated heterocycles. The number of carbonyl (C=O) groups is 1. The molecule has 0 aliphatic carbocycles. The summed E-state index contributed by atoms with van der Waals surface area (Å²) in [7, 11) is -0.785. The fraction of sp³-hybridized carbons (Fsp3) is 0.308. The third-order valence-electron chi connectivity index (χ3n) is 2.91. The lowest BCUT2D eigenvalue weighted by Crippen LogP contribution is -2.38. The molecule has 0 bridgehead atoms. The molecule has 0 saturated carbocycles. The molecule has 1 aliphatic heterocycles. The van der Waals surface area contributed by atoms with E-state index in [9.17, 15) is 13.4 Å². The fourth-order valence-corrected chi connectivity index (χ4v) is 3.04. The number of rotatable bonds is 3. The van der Waals surface area contributed by atoms with Crippen LogP contribution in [0.4, 0.5) is 10.1 Å². The van der Waals surface area contributed by atoms with Gasteiger partial charge in [0.2, 0.25) is 0 Å². The van der Waals surface area contributed by atoms with Crippen LogP contribution in [-0.4, -0.2) is 39.9 Å². The Morgan fingerprint density at radius 1 is 1.37 bits per heavy atom. The van der Waals surface area contributed by atoms with Crippen LogP contribution in [0.25, 0.3) is 6.08 Å². The molecule has 6 heteroatoms. The maximum absolute atomic E-state index is 13.3. The predicted octanol–water partition coefficient (Wildman–Crippen LogP) is 1.49. The van der Waals surface area contributed by atoms with Crippen LogP contribution in [0.5, 0.6) is 0 Å². The highest BCUT2D eigenvalue weighted by atomic mass is 32.2. The highest BCUT2D eigenvalue weighted by molar-refractivity contribution is 7.85. The van der Waals surface area contributed by atoms with Crippen LogP contribution < -0.4 is 4.90 Å². The van der Waals surface area contributed by atoms with Gasteiger partial charge in [0.1, 0.15) is 5.82 Å². The minimum Gasteiger partial charge on any atom is -0.478 e. The molecule has 19 heavy (non-hydrogen) atoms. The van der Waals surface area contributed by atoms with Crippen molar-refractivity contribution >= 4 is 28.5 Å². The number of aliphatic carboxylic acids is 1. The Labute approximate surface area is 113 Å². The second kappa shape index (κ2) is 5.97. The summed E-state index contributed by atoms with van der Waals surface area (Å²) in [5.74, 6) is -0.317. The van der Waals surface area contributed by atoms with Crippen molar-refractivity contribution in [2.75, 3.05) is 29.5 Å². The van der Waals surface area contributed by atoms with Gasteiger partial charge in [-0.05, 0) is 24.3 Å². The maximum atomic E-state index is 13.3. The summed E-state index contributed by atoms with van der Waals surface area (Å²) in [5, 5.41) is 8.65. The van der Waals surface area contributed by atoms with Crippen LogP contribution in [0.2, 0.25) is 0 Å². The summed E-state index contributed by atoms with van der Waals surface area (Å²) in [5.41, 5.74) is 1.30. The molecule has 0 aromatic heterocycles. The molecule has 0 radical (unpaired) electrons. The van der Waals surface area contributed by atoms with Crippen LogP contribution in [-0.2, 0) is 15.6 Å². The van der Waals surface area contributed by atoms with E-state index in [-0.39, 0.29) is 0 Å². The molecule has 0 atom stereocenters. The Kier molecular flexibility index (Phi) is 4.31. The molecule has 102 valence electrons. The molecule has 2 rings (SSSR count). The number of hydrogen-bond acceptors (Lipinski definition) is 3. The SMILES string of the molecule is O=C(O)C=Cc1cc(F)ccc1N1CCS(=O)CC1. The quantitative estimate of drug-likeness (QED) is 0.854. The van der Waals surface area contributed by atoms with Crippen LogP contribution in [0.1, 0.15) is 5.56 Å². The summed E-state index contributed by atoms with van der Waals surface area (Å²) in [6.07, 6.45) is 2.37. The van der Waals surface area contributed by atoms with Gasteiger partial charge >= 0.3 is 5.97 Å². The second-order valence-corrected chi connectivity index (χ2v) is 5.91. The first-order chi connectivity index (χ1) is 9.06. The average Bonchev–Trinajstić information content (AvgIpc) is 2.38. The summed E-state index contributed by atoms with van der Waals surface area (Å²) < 4.78 is 24.6. The van der Waals surface area contributed by atoms with E-state index in [1.807, 2.05) is 4.90 Å². The highest BCUT2D eigenvalue weighted by Crippen LogP contribution is 2.24. The molecule has 1 aromatic rings. The number of benzene rings is 1. The van der Waals surface area contributed by atoms with E-state index >= 15 is 0 Å². The van der Waals surface area contributed by atoms with Gasteiger partial charge in [-0.15, -0.1) is 0 Å². The van der Waals surface area contributed by atoms with Gasteiger partial charge in [0.05, 0.1) is 0 Å². The molecule has 4 nitrogen and oxygen atoms in total. The van der Waals surface area contributed by atoms with Crippen molar-refractivity contribution < 1.29 is 18.5 Å². The Morgan fingerprint density at radius 2 is 2.05 bits per heavy atom. The number of nitrogens with zero attached hydrogens (tertiary/aromatic N) is 1. The number of carboxylic acid groups (broad SMARTS) is 1. The third kappa shape index (κ3) is 3.64. The number of anilines is 1. The smallest absolute Gasteiger partial charge is 0.328 e. The van der Waals surface area contributed by atoms with E-state index in [4.69, 9.17) is 5.11 Å². The fourth-order valence-electron chi connectivity index (χ4n) is 1.99. The van der Waals surface area contributed by atoms with E-state index in [0.717, 1.165) is 11.8 Å². The number of carboxylic acids is 1. The van der Waals surface area contributed by atoms with Gasteiger partial charge in [0.25, 0.3) is 0 Å². The van der Waals surface area contributed by atoms with Crippen molar-refractivity contribution in [2.45, 2.75) is 0 Å². The highest BCUT2D eigenvalue weighted by Gasteiger charge is 2.17. The van der Waals surface area contributed by atoms with Gasteiger partial charge in [0, 0.05) is 52.7 Å². The lowest BCUT2D eigenvalue weighted by molar-refractivity contribution is -0.131. The molecule has 0 amide bonds. The standard InChI is InChI=1S/C13H14FNO3S/c14-11-2-3-12(10(9-11)1-4-13(16)17)15-5-7-19(18)8-6-15/h1-4,9H,5-8H2,(H,16,17). The monoisotopic (exact) mass is 283 g/mol. The van der Waals surface area contributed by atoms with E-state index in [2.05, 4.69) is 0 Å². The van der Waals surface area contributed by atoms with Gasteiger partial charge < -0.3 is 10.0 Å². The van der Waals surface area contributed by atoms with Crippen LogP contribution in [0.3, 0.4) is 0 Å². The molecule has 1 aliphatic rings. The maximum Gasteiger partial charge on any atom is 0.328 e. The Morgan fingerprint density at radius 3 is 2.68 bits per heavy atom. The largest absolute Gasteiger partial charge is 0.478 e. The molecular formula is C13H14FNO3S. The molecule has 1 N–H and O–H groups in total. The summed E-state index contributed by atoms with van der Waals surface area (Å²) in [6.45, 7) is 1.26.